The molecule has 0 radical (unpaired) electrons. The third-order valence-corrected chi connectivity index (χ3v) is 15.5. The van der Waals surface area contributed by atoms with E-state index in [9.17, 15) is 18.8 Å². The van der Waals surface area contributed by atoms with Gasteiger partial charge in [-0.2, -0.15) is 0 Å². The highest BCUT2D eigenvalue weighted by molar-refractivity contribution is 8.26. The minimum Gasteiger partial charge on any atom is -0.481 e. The standard InChI is InChI=1S/C24H25NO3.C12H16N2.C11H9ClO3.C11H10O4.C4H11N.CH2Cl2.CH3F.Cl2OS/c1-23(2,3)21-12-16-10-15(4-6-18(16)25-21)11-22(26)24(8-9-24)17-5-7-19-20(13-17)28-14-27-19;1-12(2,3)11-7-8-6-9(13)4-5-10(8)14-11;2*12-10(13)11(3-4-11)7-1-2-8-9(5-7)15-6-14-8;1-3-5-4-2;2-1-3;1-2;1-4(2)3/h4-7,10,12-13,25H,8-9,11,14H2,1-3H3;4-7,14H,13H2,1-3H3;1-2,5H,3-4,6H2;1-2,5H,3-4,6H2,(H,12,13);5H,3-4H2,1-2H3;1H2;1H3;/i;;;;;;1D;. The largest absolute Gasteiger partial charge is 0.481 e. The molecule has 3 fully saturated rings. The average molecular weight is 1310 g/mol. The summed E-state index contributed by atoms with van der Waals surface area (Å²) in [5.41, 5.74) is 13.9. The lowest BCUT2D eigenvalue weighted by Crippen LogP contribution is -2.22. The van der Waals surface area contributed by atoms with Gasteiger partial charge < -0.3 is 54.5 Å². The molecule has 3 aliphatic heterocycles. The van der Waals surface area contributed by atoms with Crippen molar-refractivity contribution in [2.24, 2.45) is 0 Å². The van der Waals surface area contributed by atoms with Gasteiger partial charge in [-0.3, -0.25) is 18.8 Å². The number of aromatic nitrogens is 2. The fourth-order valence-corrected chi connectivity index (χ4v) is 10.1. The summed E-state index contributed by atoms with van der Waals surface area (Å²) < 4.78 is 56.4. The molecule has 5 aromatic carbocycles. The van der Waals surface area contributed by atoms with Crippen LogP contribution in [0.25, 0.3) is 21.8 Å². The van der Waals surface area contributed by atoms with Gasteiger partial charge in [0, 0.05) is 72.1 Å². The van der Waals surface area contributed by atoms with Crippen molar-refractivity contribution in [1.29, 1.82) is 0 Å². The zero-order valence-electron chi connectivity index (χ0n) is 50.5. The van der Waals surface area contributed by atoms with Crippen molar-refractivity contribution in [1.82, 2.24) is 15.3 Å². The smallest absolute Gasteiger partial charge is 0.314 e. The first-order valence-corrected chi connectivity index (χ1v) is 32.1. The Balaban J connectivity index is 0.000000178. The fourth-order valence-electron chi connectivity index (χ4n) is 9.77. The van der Waals surface area contributed by atoms with Crippen molar-refractivity contribution in [2.75, 3.05) is 51.7 Å². The lowest BCUT2D eigenvalue weighted by Gasteiger charge is -2.15. The second-order valence-corrected chi connectivity index (χ2v) is 26.7. The van der Waals surface area contributed by atoms with Crippen LogP contribution in [0.2, 0.25) is 0 Å². The Morgan fingerprint density at radius 3 is 1.33 bits per heavy atom. The van der Waals surface area contributed by atoms with Gasteiger partial charge in [0.05, 0.1) is 30.1 Å². The third kappa shape index (κ3) is 17.7. The first-order chi connectivity index (χ1) is 41.2. The van der Waals surface area contributed by atoms with Crippen LogP contribution in [0, 0.1) is 0 Å². The second kappa shape index (κ2) is 30.3. The number of aromatic amines is 2. The number of nitrogen functional groups attached to an aromatic ring is 1. The molecule has 13 rings (SSSR count). The summed E-state index contributed by atoms with van der Waals surface area (Å²) in [5, 5.41) is 14.5. The van der Waals surface area contributed by atoms with Crippen molar-refractivity contribution < 1.29 is 57.9 Å². The maximum absolute atomic E-state index is 13.2. The van der Waals surface area contributed by atoms with Gasteiger partial charge in [-0.15, -0.1) is 23.2 Å². The highest BCUT2D eigenvalue weighted by atomic mass is 36.0. The number of fused-ring (bicyclic) bond motifs is 5. The van der Waals surface area contributed by atoms with Crippen LogP contribution in [0.1, 0.15) is 129 Å². The summed E-state index contributed by atoms with van der Waals surface area (Å²) in [6.07, 6.45) is 5.35. The quantitative estimate of drug-likeness (QED) is 0.0490. The minimum atomic E-state index is -1.67. The first-order valence-electron chi connectivity index (χ1n) is 28.5. The molecular formula is C64H76Cl5FN4O11S. The predicted octanol–water partition coefficient (Wildman–Crippen LogP) is 15.5. The van der Waals surface area contributed by atoms with Gasteiger partial charge in [-0.25, -0.2) is 4.21 Å². The Bertz CT molecular complexity index is 3410. The Morgan fingerprint density at radius 2 is 0.977 bits per heavy atom. The Morgan fingerprint density at radius 1 is 0.616 bits per heavy atom. The number of aliphatic carboxylic acids is 1. The van der Waals surface area contributed by atoms with E-state index in [1.807, 2.05) is 60.7 Å². The van der Waals surface area contributed by atoms with Crippen molar-refractivity contribution in [3.8, 4) is 34.5 Å². The number of rotatable bonds is 10. The van der Waals surface area contributed by atoms with Crippen LogP contribution in [-0.2, 0) is 57.1 Å². The van der Waals surface area contributed by atoms with E-state index in [1.165, 1.54) is 22.2 Å². The van der Waals surface area contributed by atoms with E-state index in [0.29, 0.717) is 36.5 Å². The summed E-state index contributed by atoms with van der Waals surface area (Å²) in [6.45, 7) is 20.3. The number of anilines is 1. The van der Waals surface area contributed by atoms with Crippen LogP contribution in [-0.4, -0.2) is 82.2 Å². The molecule has 6 aliphatic rings. The van der Waals surface area contributed by atoms with Crippen LogP contribution in [0.4, 0.5) is 10.1 Å². The molecule has 5 heterocycles. The zero-order valence-corrected chi connectivity index (χ0v) is 54.1. The Hall–Kier alpha value is -5.92. The van der Waals surface area contributed by atoms with Gasteiger partial charge >= 0.3 is 5.97 Å². The Labute approximate surface area is 530 Å². The highest BCUT2D eigenvalue weighted by Gasteiger charge is 2.53. The SMILES string of the molecule is CC(C)(C)c1cc2cc(CC(=O)C3(c4ccc5c(c4)OCO5)CC3)ccc2[nH]1.CC(C)(C)c1cc2cc(N)ccc2[nH]1.CCNCC.ClCCl.O=C(Cl)C1(c2ccc3c(c2)OCO3)CC1.O=C(O)C1(c2ccc3c(c2)OCO3)CC1.O=S(Cl)Cl.[2H]CF. The van der Waals surface area contributed by atoms with Crippen molar-refractivity contribution in [3.63, 3.8) is 0 Å². The molecule has 3 aliphatic carbocycles. The number of nitrogens with two attached hydrogens (primary N) is 1. The third-order valence-electron chi connectivity index (χ3n) is 15.2. The minimum absolute atomic E-state index is 0.0758. The van der Waals surface area contributed by atoms with E-state index in [4.69, 9.17) is 79.6 Å². The van der Waals surface area contributed by atoms with Crippen molar-refractivity contribution in [3.05, 3.63) is 137 Å². The summed E-state index contributed by atoms with van der Waals surface area (Å²) in [6, 6.07) is 33.5. The van der Waals surface area contributed by atoms with Crippen molar-refractivity contribution >= 4 is 110 Å². The van der Waals surface area contributed by atoms with E-state index in [-0.39, 0.29) is 53.0 Å². The van der Waals surface area contributed by atoms with E-state index >= 15 is 0 Å². The molecule has 0 atom stereocenters. The molecule has 6 N–H and O–H groups in total. The van der Waals surface area contributed by atoms with Gasteiger partial charge in [-0.05, 0) is 170 Å². The van der Waals surface area contributed by atoms with Gasteiger partial charge in [-0.1, -0.05) is 79.7 Å². The maximum Gasteiger partial charge on any atom is 0.314 e. The van der Waals surface area contributed by atoms with E-state index < -0.39 is 33.2 Å². The van der Waals surface area contributed by atoms with Crippen LogP contribution in [0.15, 0.2) is 103 Å². The summed E-state index contributed by atoms with van der Waals surface area (Å²) >= 11 is 15.1. The van der Waals surface area contributed by atoms with Gasteiger partial charge in [0.25, 0.3) is 0 Å². The molecule has 0 unspecified atom stereocenters. The number of ether oxygens (including phenoxy) is 6. The monoisotopic (exact) mass is 1300 g/mol. The topological polar surface area (TPSA) is 214 Å². The van der Waals surface area contributed by atoms with Gasteiger partial charge in [0.15, 0.2) is 34.5 Å². The number of carboxylic acids is 1. The molecule has 0 amide bonds. The molecule has 0 saturated heterocycles. The number of nitrogens with one attached hydrogen (secondary N) is 3. The predicted molar refractivity (Wildman–Crippen MR) is 344 cm³/mol. The number of Topliss-reactive ketones (excluding diaryl/α,β-unsaturated/α-hetero) is 1. The summed E-state index contributed by atoms with van der Waals surface area (Å²) in [7, 11) is 6.36. The first kappa shape index (κ1) is 67.6. The lowest BCUT2D eigenvalue weighted by molar-refractivity contribution is -0.140. The number of carbonyl (C=O) groups is 3. The molecule has 7 aromatic rings. The van der Waals surface area contributed by atoms with Crippen LogP contribution in [0.5, 0.6) is 34.5 Å². The molecule has 86 heavy (non-hydrogen) atoms. The molecule has 2 aromatic heterocycles. The molecule has 466 valence electrons. The number of carbonyl (C=O) groups excluding carboxylic acids is 2. The maximum atomic E-state index is 13.2. The van der Waals surface area contributed by atoms with Gasteiger partial charge in [0.2, 0.25) is 34.8 Å². The Kier molecular flexibility index (Phi) is 23.8. The second-order valence-electron chi connectivity index (χ2n) is 23.0. The number of carboxylic acid groups (broad SMARTS) is 1. The van der Waals surface area contributed by atoms with E-state index in [0.717, 1.165) is 95.0 Å². The van der Waals surface area contributed by atoms with Gasteiger partial charge in [0.1, 0.15) is 5.78 Å². The number of halogens is 6. The zero-order chi connectivity index (χ0) is 63.9. The summed E-state index contributed by atoms with van der Waals surface area (Å²) in [4.78, 5) is 42.6. The molecule has 0 spiro atoms. The fraction of sp³-hybridized carbons (Fsp3) is 0.422. The van der Waals surface area contributed by atoms with E-state index in [1.54, 1.807) is 12.1 Å². The molecule has 3 saturated carbocycles. The van der Waals surface area contributed by atoms with Crippen molar-refractivity contribution in [2.45, 2.75) is 127 Å². The van der Waals surface area contributed by atoms with Crippen LogP contribution >= 0.6 is 56.2 Å². The number of alkyl halides is 3. The number of hydrogen-bond acceptors (Lipinski definition) is 12. The van der Waals surface area contributed by atoms with E-state index in [2.05, 4.69) is 122 Å². The molecule has 15 nitrogen and oxygen atoms in total. The summed E-state index contributed by atoms with van der Waals surface area (Å²) in [5.74, 6) is 3.84. The average Bonchev–Trinajstić information content (AvgIpc) is 1.66. The van der Waals surface area contributed by atoms with Crippen LogP contribution < -0.4 is 39.5 Å². The number of benzene rings is 5. The van der Waals surface area contributed by atoms with Crippen LogP contribution in [0.3, 0.4) is 0 Å². The number of hydrogen-bond donors (Lipinski definition) is 5. The molecular weight excluding hydrogens is 1230 g/mol. The molecule has 0 bridgehead atoms. The lowest BCUT2D eigenvalue weighted by atomic mass is 9.87. The number of ketones is 1. The highest BCUT2D eigenvalue weighted by Crippen LogP contribution is 2.54. The number of H-pyrrole nitrogens is 2. The molecule has 22 heteroatoms. The normalized spacial score (nSPS) is 15.9.